The van der Waals surface area contributed by atoms with Crippen molar-refractivity contribution < 1.29 is 14.3 Å². The second-order valence-corrected chi connectivity index (χ2v) is 7.51. The minimum Gasteiger partial charge on any atom is -0.497 e. The summed E-state index contributed by atoms with van der Waals surface area (Å²) >= 11 is 6.49. The molecule has 1 aliphatic heterocycles. The highest BCUT2D eigenvalue weighted by Gasteiger charge is 2.30. The average Bonchev–Trinajstić information content (AvgIpc) is 3.45. The lowest BCUT2D eigenvalue weighted by Gasteiger charge is -2.20. The lowest BCUT2D eigenvalue weighted by Crippen LogP contribution is -2.29. The number of nitrogens with zero attached hydrogens (tertiary/aromatic N) is 2. The largest absolute Gasteiger partial charge is 0.497 e. The molecule has 1 unspecified atom stereocenters. The first-order valence-electron chi connectivity index (χ1n) is 9.55. The van der Waals surface area contributed by atoms with E-state index in [1.54, 1.807) is 20.3 Å². The van der Waals surface area contributed by atoms with Crippen molar-refractivity contribution in [2.45, 2.75) is 12.3 Å². The quantitative estimate of drug-likeness (QED) is 0.608. The molecule has 1 amide bonds. The maximum atomic E-state index is 13.2. The van der Waals surface area contributed by atoms with Gasteiger partial charge < -0.3 is 18.9 Å². The Labute approximate surface area is 175 Å². The second-order valence-electron chi connectivity index (χ2n) is 7.10. The van der Waals surface area contributed by atoms with Crippen LogP contribution in [-0.2, 0) is 0 Å². The number of amides is 1. The van der Waals surface area contributed by atoms with Crippen molar-refractivity contribution in [2.24, 2.45) is 0 Å². The lowest BCUT2D eigenvalue weighted by molar-refractivity contribution is 0.0787. The molecular weight excluding hydrogens is 388 g/mol. The first-order chi connectivity index (χ1) is 14.1. The van der Waals surface area contributed by atoms with Crippen LogP contribution in [0, 0.1) is 0 Å². The molecule has 1 fully saturated rings. The van der Waals surface area contributed by atoms with Gasteiger partial charge in [-0.25, -0.2) is 0 Å². The summed E-state index contributed by atoms with van der Waals surface area (Å²) < 4.78 is 12.7. The Bertz CT molecular complexity index is 1000. The number of hydrogen-bond acceptors (Lipinski definition) is 3. The molecule has 1 aromatic heterocycles. The van der Waals surface area contributed by atoms with E-state index in [4.69, 9.17) is 21.1 Å². The van der Waals surface area contributed by atoms with E-state index < -0.39 is 0 Å². The lowest BCUT2D eigenvalue weighted by atomic mass is 9.98. The van der Waals surface area contributed by atoms with E-state index in [0.29, 0.717) is 35.3 Å². The molecule has 2 aromatic carbocycles. The molecule has 1 aliphatic rings. The highest BCUT2D eigenvalue weighted by atomic mass is 35.5. The maximum absolute atomic E-state index is 13.2. The Morgan fingerprint density at radius 1 is 1.07 bits per heavy atom. The summed E-state index contributed by atoms with van der Waals surface area (Å²) in [6.07, 6.45) is 4.74. The van der Waals surface area contributed by atoms with Crippen LogP contribution < -0.4 is 9.47 Å². The predicted octanol–water partition coefficient (Wildman–Crippen LogP) is 4.78. The fourth-order valence-corrected chi connectivity index (χ4v) is 4.10. The molecule has 0 saturated carbocycles. The van der Waals surface area contributed by atoms with Gasteiger partial charge in [-0.1, -0.05) is 23.7 Å². The van der Waals surface area contributed by atoms with Gasteiger partial charge in [0.1, 0.15) is 11.5 Å². The summed E-state index contributed by atoms with van der Waals surface area (Å²) in [5, 5.41) is 0.510. The number of methoxy groups -OCH3 is 2. The van der Waals surface area contributed by atoms with Crippen molar-refractivity contribution in [3.05, 3.63) is 77.1 Å². The van der Waals surface area contributed by atoms with Gasteiger partial charge in [0.25, 0.3) is 5.91 Å². The van der Waals surface area contributed by atoms with Crippen LogP contribution in [0.1, 0.15) is 28.3 Å². The fourth-order valence-electron chi connectivity index (χ4n) is 3.83. The van der Waals surface area contributed by atoms with E-state index in [1.165, 1.54) is 5.56 Å². The second kappa shape index (κ2) is 8.21. The van der Waals surface area contributed by atoms with Crippen molar-refractivity contribution in [2.75, 3.05) is 27.3 Å². The molecule has 1 atom stereocenters. The van der Waals surface area contributed by atoms with Crippen LogP contribution in [0.3, 0.4) is 0 Å². The van der Waals surface area contributed by atoms with Crippen LogP contribution in [0.2, 0.25) is 5.02 Å². The summed E-state index contributed by atoms with van der Waals surface area (Å²) in [6, 6.07) is 15.4. The number of benzene rings is 2. The Hall–Kier alpha value is -2.92. The van der Waals surface area contributed by atoms with Gasteiger partial charge in [-0.05, 0) is 42.3 Å². The number of aromatic nitrogens is 1. The topological polar surface area (TPSA) is 43.7 Å². The van der Waals surface area contributed by atoms with Crippen LogP contribution in [-0.4, -0.2) is 42.7 Å². The molecular formula is C23H23ClN2O3. The van der Waals surface area contributed by atoms with Crippen LogP contribution in [0.5, 0.6) is 11.5 Å². The van der Waals surface area contributed by atoms with Gasteiger partial charge in [-0.3, -0.25) is 4.79 Å². The van der Waals surface area contributed by atoms with Gasteiger partial charge in [0.15, 0.2) is 0 Å². The molecule has 2 heterocycles. The molecule has 4 rings (SSSR count). The Morgan fingerprint density at radius 2 is 1.79 bits per heavy atom. The molecule has 0 N–H and O–H groups in total. The van der Waals surface area contributed by atoms with Gasteiger partial charge in [-0.2, -0.15) is 0 Å². The fraction of sp³-hybridized carbons (Fsp3) is 0.261. The third kappa shape index (κ3) is 3.83. The molecule has 3 aromatic rings. The highest BCUT2D eigenvalue weighted by molar-refractivity contribution is 6.33. The molecule has 1 saturated heterocycles. The third-order valence-corrected chi connectivity index (χ3v) is 5.75. The Balaban J connectivity index is 1.55. The maximum Gasteiger partial charge on any atom is 0.257 e. The number of halogens is 1. The number of hydrogen-bond donors (Lipinski definition) is 0. The summed E-state index contributed by atoms with van der Waals surface area (Å²) in [5.74, 6) is 1.61. The van der Waals surface area contributed by atoms with Crippen LogP contribution in [0.4, 0.5) is 0 Å². The molecule has 29 heavy (non-hydrogen) atoms. The summed E-state index contributed by atoms with van der Waals surface area (Å²) in [4.78, 5) is 15.1. The first kappa shape index (κ1) is 19.4. The average molecular weight is 411 g/mol. The van der Waals surface area contributed by atoms with Gasteiger partial charge in [-0.15, -0.1) is 0 Å². The van der Waals surface area contributed by atoms with Crippen molar-refractivity contribution in [1.82, 2.24) is 9.47 Å². The van der Waals surface area contributed by atoms with Gasteiger partial charge in [0.2, 0.25) is 0 Å². The SMILES string of the molecule is COc1ccc(C2CCN(C(=O)c3cc(Cl)c(-n4cccc4)cc3OC)C2)cc1. The van der Waals surface area contributed by atoms with Crippen LogP contribution >= 0.6 is 11.6 Å². The van der Waals surface area contributed by atoms with Gasteiger partial charge in [0.05, 0.1) is 30.5 Å². The number of ether oxygens (including phenoxy) is 2. The third-order valence-electron chi connectivity index (χ3n) is 5.44. The molecule has 6 heteroatoms. The molecule has 0 spiro atoms. The zero-order valence-corrected chi connectivity index (χ0v) is 17.2. The van der Waals surface area contributed by atoms with Crippen molar-refractivity contribution in [1.29, 1.82) is 0 Å². The van der Waals surface area contributed by atoms with E-state index in [0.717, 1.165) is 17.9 Å². The first-order valence-corrected chi connectivity index (χ1v) is 9.92. The van der Waals surface area contributed by atoms with E-state index >= 15 is 0 Å². The van der Waals surface area contributed by atoms with E-state index in [2.05, 4.69) is 12.1 Å². The smallest absolute Gasteiger partial charge is 0.257 e. The summed E-state index contributed by atoms with van der Waals surface area (Å²) in [5.41, 5.74) is 2.49. The van der Waals surface area contributed by atoms with Crippen molar-refractivity contribution >= 4 is 17.5 Å². The number of likely N-dealkylation sites (tertiary alicyclic amines) is 1. The van der Waals surface area contributed by atoms with Crippen LogP contribution in [0.15, 0.2) is 60.9 Å². The molecule has 0 aliphatic carbocycles. The standard InChI is InChI=1S/C23H23ClN2O3/c1-28-18-7-5-16(6-8-18)17-9-12-26(15-17)23(27)19-13-20(24)21(14-22(19)29-2)25-10-3-4-11-25/h3-8,10-11,13-14,17H,9,12,15H2,1-2H3. The monoisotopic (exact) mass is 410 g/mol. The minimum absolute atomic E-state index is 0.0567. The highest BCUT2D eigenvalue weighted by Crippen LogP contribution is 2.34. The predicted molar refractivity (Wildman–Crippen MR) is 114 cm³/mol. The van der Waals surface area contributed by atoms with Gasteiger partial charge >= 0.3 is 0 Å². The normalized spacial score (nSPS) is 16.1. The van der Waals surface area contributed by atoms with E-state index in [-0.39, 0.29) is 5.91 Å². The van der Waals surface area contributed by atoms with Crippen molar-refractivity contribution in [3.63, 3.8) is 0 Å². The molecule has 150 valence electrons. The number of rotatable bonds is 5. The molecule has 0 bridgehead atoms. The zero-order valence-electron chi connectivity index (χ0n) is 16.5. The Kier molecular flexibility index (Phi) is 5.49. The van der Waals surface area contributed by atoms with Crippen molar-refractivity contribution in [3.8, 4) is 17.2 Å². The molecule has 5 nitrogen and oxygen atoms in total. The summed E-state index contributed by atoms with van der Waals surface area (Å²) in [7, 11) is 3.23. The van der Waals surface area contributed by atoms with Crippen LogP contribution in [0.25, 0.3) is 5.69 Å². The number of carbonyl (C=O) groups is 1. The number of carbonyl (C=O) groups excluding carboxylic acids is 1. The molecule has 0 radical (unpaired) electrons. The summed E-state index contributed by atoms with van der Waals surface area (Å²) in [6.45, 7) is 1.38. The van der Waals surface area contributed by atoms with E-state index in [1.807, 2.05) is 52.2 Å². The van der Waals surface area contributed by atoms with E-state index in [9.17, 15) is 4.79 Å². The minimum atomic E-state index is -0.0567. The zero-order chi connectivity index (χ0) is 20.4. The Morgan fingerprint density at radius 3 is 2.45 bits per heavy atom. The van der Waals surface area contributed by atoms with Gasteiger partial charge in [0, 0.05) is 37.5 Å².